The minimum Gasteiger partial charge on any atom is -0.469 e. The lowest BCUT2D eigenvalue weighted by atomic mass is 10.1. The molecule has 1 fully saturated rings. The van der Waals surface area contributed by atoms with Crippen LogP contribution >= 0.6 is 0 Å². The van der Waals surface area contributed by atoms with Gasteiger partial charge in [0.05, 0.1) is 19.9 Å². The van der Waals surface area contributed by atoms with Crippen molar-refractivity contribution >= 4 is 11.9 Å². The van der Waals surface area contributed by atoms with Gasteiger partial charge in [-0.05, 0) is 43.0 Å². The molecule has 2 aromatic rings. The summed E-state index contributed by atoms with van der Waals surface area (Å²) in [7, 11) is 1.36. The average molecular weight is 313 g/mol. The van der Waals surface area contributed by atoms with Crippen LogP contribution in [0.5, 0.6) is 0 Å². The topological polar surface area (TPSA) is 73.2 Å². The Labute approximate surface area is 134 Å². The molecule has 0 spiro atoms. The Bertz CT molecular complexity index is 676. The van der Waals surface area contributed by atoms with Crippen molar-refractivity contribution in [3.05, 3.63) is 48.5 Å². The minimum absolute atomic E-state index is 0.150. The van der Waals surface area contributed by atoms with Crippen molar-refractivity contribution in [1.82, 2.24) is 14.9 Å². The molecular formula is C17H19N3O3. The number of rotatable bonds is 6. The number of imidazole rings is 1. The molecule has 1 aromatic carbocycles. The van der Waals surface area contributed by atoms with E-state index in [1.54, 1.807) is 24.7 Å². The van der Waals surface area contributed by atoms with E-state index in [1.165, 1.54) is 7.11 Å². The van der Waals surface area contributed by atoms with Crippen LogP contribution in [0.4, 0.5) is 0 Å². The van der Waals surface area contributed by atoms with Crippen LogP contribution in [0, 0.1) is 5.92 Å². The third kappa shape index (κ3) is 3.77. The Morgan fingerprint density at radius 2 is 2.09 bits per heavy atom. The first-order valence-corrected chi connectivity index (χ1v) is 7.63. The molecule has 1 N–H and O–H groups in total. The number of ether oxygens (including phenoxy) is 1. The molecule has 0 aliphatic heterocycles. The standard InChI is InChI=1S/C17H19N3O3/c1-23-16(21)10-15(12-2-3-12)19-17(22)13-4-6-14(7-5-13)20-9-8-18-11-20/h4-9,11-12,15H,2-3,10H2,1H3,(H,19,22)/t15-/m0/s1. The quantitative estimate of drug-likeness (QED) is 0.827. The Balaban J connectivity index is 1.66. The molecule has 23 heavy (non-hydrogen) atoms. The summed E-state index contributed by atoms with van der Waals surface area (Å²) < 4.78 is 6.57. The normalized spacial score (nSPS) is 15.0. The number of nitrogens with one attached hydrogen (secondary N) is 1. The van der Waals surface area contributed by atoms with E-state index in [4.69, 9.17) is 4.74 Å². The van der Waals surface area contributed by atoms with E-state index < -0.39 is 0 Å². The lowest BCUT2D eigenvalue weighted by Gasteiger charge is -2.17. The van der Waals surface area contributed by atoms with Gasteiger partial charge in [0, 0.05) is 29.7 Å². The van der Waals surface area contributed by atoms with Gasteiger partial charge in [0.25, 0.3) is 5.91 Å². The lowest BCUT2D eigenvalue weighted by Crippen LogP contribution is -2.38. The van der Waals surface area contributed by atoms with Crippen molar-refractivity contribution in [3.8, 4) is 5.69 Å². The highest BCUT2D eigenvalue weighted by Gasteiger charge is 2.34. The average Bonchev–Trinajstić information content (AvgIpc) is 3.28. The SMILES string of the molecule is COC(=O)C[C@H](NC(=O)c1ccc(-n2ccnc2)cc1)C1CC1. The molecule has 1 aliphatic carbocycles. The summed E-state index contributed by atoms with van der Waals surface area (Å²) in [5.41, 5.74) is 1.51. The molecule has 3 rings (SSSR count). The zero-order chi connectivity index (χ0) is 16.2. The van der Waals surface area contributed by atoms with Gasteiger partial charge in [-0.2, -0.15) is 0 Å². The van der Waals surface area contributed by atoms with Gasteiger partial charge in [-0.25, -0.2) is 4.98 Å². The predicted octanol–water partition coefficient (Wildman–Crippen LogP) is 1.94. The maximum absolute atomic E-state index is 12.4. The van der Waals surface area contributed by atoms with E-state index in [1.807, 2.05) is 22.9 Å². The fourth-order valence-electron chi connectivity index (χ4n) is 2.55. The van der Waals surface area contributed by atoms with E-state index in [-0.39, 0.29) is 24.3 Å². The number of nitrogens with zero attached hydrogens (tertiary/aromatic N) is 2. The third-order valence-corrected chi connectivity index (χ3v) is 4.05. The molecule has 120 valence electrons. The van der Waals surface area contributed by atoms with Crippen molar-refractivity contribution in [2.45, 2.75) is 25.3 Å². The molecule has 0 radical (unpaired) electrons. The van der Waals surface area contributed by atoms with E-state index in [0.717, 1.165) is 18.5 Å². The smallest absolute Gasteiger partial charge is 0.307 e. The van der Waals surface area contributed by atoms with Crippen molar-refractivity contribution in [3.63, 3.8) is 0 Å². The Kier molecular flexibility index (Phi) is 4.41. The summed E-state index contributed by atoms with van der Waals surface area (Å²) in [6.45, 7) is 0. The van der Waals surface area contributed by atoms with Gasteiger partial charge in [0.15, 0.2) is 0 Å². The number of carbonyl (C=O) groups is 2. The maximum Gasteiger partial charge on any atom is 0.307 e. The zero-order valence-corrected chi connectivity index (χ0v) is 12.9. The fraction of sp³-hybridized carbons (Fsp3) is 0.353. The second kappa shape index (κ2) is 6.64. The highest BCUT2D eigenvalue weighted by molar-refractivity contribution is 5.94. The van der Waals surface area contributed by atoms with Crippen LogP contribution in [0.15, 0.2) is 43.0 Å². The zero-order valence-electron chi connectivity index (χ0n) is 12.9. The molecule has 6 heteroatoms. The molecule has 1 amide bonds. The largest absolute Gasteiger partial charge is 0.469 e. The van der Waals surface area contributed by atoms with Crippen molar-refractivity contribution in [2.75, 3.05) is 7.11 Å². The monoisotopic (exact) mass is 313 g/mol. The highest BCUT2D eigenvalue weighted by atomic mass is 16.5. The summed E-state index contributed by atoms with van der Waals surface area (Å²) in [6.07, 6.45) is 7.56. The Hall–Kier alpha value is -2.63. The predicted molar refractivity (Wildman–Crippen MR) is 84.2 cm³/mol. The number of amides is 1. The third-order valence-electron chi connectivity index (χ3n) is 4.05. The lowest BCUT2D eigenvalue weighted by molar-refractivity contribution is -0.141. The number of esters is 1. The summed E-state index contributed by atoms with van der Waals surface area (Å²) in [5, 5.41) is 2.96. The highest BCUT2D eigenvalue weighted by Crippen LogP contribution is 2.34. The van der Waals surface area contributed by atoms with Gasteiger partial charge in [-0.1, -0.05) is 0 Å². The van der Waals surface area contributed by atoms with Crippen molar-refractivity contribution in [2.24, 2.45) is 5.92 Å². The number of aromatic nitrogens is 2. The number of carbonyl (C=O) groups excluding carboxylic acids is 2. The van der Waals surface area contributed by atoms with Gasteiger partial charge in [0.1, 0.15) is 0 Å². The molecule has 0 unspecified atom stereocenters. The minimum atomic E-state index is -0.294. The van der Waals surface area contributed by atoms with Gasteiger partial charge in [0.2, 0.25) is 0 Å². The first-order chi connectivity index (χ1) is 11.2. The molecule has 1 aromatic heterocycles. The van der Waals surface area contributed by atoms with Crippen LogP contribution in [0.25, 0.3) is 5.69 Å². The summed E-state index contributed by atoms with van der Waals surface area (Å²) in [6, 6.07) is 7.12. The van der Waals surface area contributed by atoms with Crippen LogP contribution in [-0.4, -0.2) is 34.6 Å². The van der Waals surface area contributed by atoms with E-state index in [2.05, 4.69) is 10.3 Å². The second-order valence-electron chi connectivity index (χ2n) is 5.71. The number of benzene rings is 1. The first-order valence-electron chi connectivity index (χ1n) is 7.63. The molecule has 0 bridgehead atoms. The van der Waals surface area contributed by atoms with Gasteiger partial charge < -0.3 is 14.6 Å². The number of hydrogen-bond acceptors (Lipinski definition) is 4. The van der Waals surface area contributed by atoms with Gasteiger partial charge in [-0.15, -0.1) is 0 Å². The molecule has 1 aliphatic rings. The second-order valence-corrected chi connectivity index (χ2v) is 5.71. The Morgan fingerprint density at radius 3 is 2.65 bits per heavy atom. The molecule has 0 saturated heterocycles. The van der Waals surface area contributed by atoms with Crippen LogP contribution in [-0.2, 0) is 9.53 Å². The maximum atomic E-state index is 12.4. The van der Waals surface area contributed by atoms with Gasteiger partial charge in [-0.3, -0.25) is 9.59 Å². The molecular weight excluding hydrogens is 294 g/mol. The van der Waals surface area contributed by atoms with Crippen molar-refractivity contribution in [1.29, 1.82) is 0 Å². The van der Waals surface area contributed by atoms with E-state index in [0.29, 0.717) is 11.5 Å². The molecule has 1 saturated carbocycles. The van der Waals surface area contributed by atoms with Gasteiger partial charge >= 0.3 is 5.97 Å². The number of hydrogen-bond donors (Lipinski definition) is 1. The van der Waals surface area contributed by atoms with Crippen LogP contribution < -0.4 is 5.32 Å². The number of methoxy groups -OCH3 is 1. The summed E-state index contributed by atoms with van der Waals surface area (Å²) in [4.78, 5) is 27.8. The van der Waals surface area contributed by atoms with E-state index in [9.17, 15) is 9.59 Å². The molecule has 1 heterocycles. The van der Waals surface area contributed by atoms with E-state index >= 15 is 0 Å². The first kappa shape index (κ1) is 15.3. The fourth-order valence-corrected chi connectivity index (χ4v) is 2.55. The molecule has 6 nitrogen and oxygen atoms in total. The molecule has 1 atom stereocenters. The van der Waals surface area contributed by atoms with Crippen LogP contribution in [0.3, 0.4) is 0 Å². The summed E-state index contributed by atoms with van der Waals surface area (Å²) >= 11 is 0. The Morgan fingerprint density at radius 1 is 1.35 bits per heavy atom. The van der Waals surface area contributed by atoms with Crippen LogP contribution in [0.2, 0.25) is 0 Å². The van der Waals surface area contributed by atoms with Crippen LogP contribution in [0.1, 0.15) is 29.6 Å². The summed E-state index contributed by atoms with van der Waals surface area (Å²) in [5.74, 6) is -0.0797. The van der Waals surface area contributed by atoms with Crippen molar-refractivity contribution < 1.29 is 14.3 Å².